The molecule has 0 radical (unpaired) electrons. The van der Waals surface area contributed by atoms with Crippen molar-refractivity contribution in [3.05, 3.63) is 0 Å². The molecule has 0 heterocycles. The predicted molar refractivity (Wildman–Crippen MR) is 72.6 cm³/mol. The van der Waals surface area contributed by atoms with E-state index in [4.69, 9.17) is 0 Å². The number of hydrogen-bond donors (Lipinski definition) is 3. The lowest BCUT2D eigenvalue weighted by Crippen LogP contribution is -2.43. The zero-order valence-corrected chi connectivity index (χ0v) is 11.7. The van der Waals surface area contributed by atoms with Gasteiger partial charge < -0.3 is 20.6 Å². The van der Waals surface area contributed by atoms with Gasteiger partial charge in [0.1, 0.15) is 0 Å². The molecule has 0 spiro atoms. The molecule has 106 valence electrons. The molecule has 0 aromatic carbocycles. The van der Waals surface area contributed by atoms with Crippen molar-refractivity contribution in [3.63, 3.8) is 0 Å². The molecule has 0 saturated heterocycles. The Kier molecular flexibility index (Phi) is 6.43. The van der Waals surface area contributed by atoms with Crippen LogP contribution >= 0.6 is 0 Å². The second-order valence-corrected chi connectivity index (χ2v) is 5.52. The molecule has 0 aliphatic heterocycles. The van der Waals surface area contributed by atoms with Crippen molar-refractivity contribution in [1.29, 1.82) is 0 Å². The Bertz CT molecular complexity index is 251. The molecule has 5 nitrogen and oxygen atoms in total. The fourth-order valence-corrected chi connectivity index (χ4v) is 2.46. The number of rotatable bonds is 6. The van der Waals surface area contributed by atoms with E-state index in [1.165, 1.54) is 24.2 Å². The number of nitrogens with zero attached hydrogens (tertiary/aromatic N) is 1. The summed E-state index contributed by atoms with van der Waals surface area (Å²) in [7, 11) is 3.46. The molecule has 5 heteroatoms. The Balaban J connectivity index is 2.14. The molecule has 0 bridgehead atoms. The number of carbonyl (C=O) groups excluding carboxylic acids is 1. The second-order valence-electron chi connectivity index (χ2n) is 5.52. The average Bonchev–Trinajstić information content (AvgIpc) is 2.39. The van der Waals surface area contributed by atoms with Crippen LogP contribution in [-0.4, -0.2) is 56.4 Å². The van der Waals surface area contributed by atoms with E-state index in [1.54, 1.807) is 14.1 Å². The van der Waals surface area contributed by atoms with E-state index in [2.05, 4.69) is 10.6 Å². The van der Waals surface area contributed by atoms with Gasteiger partial charge >= 0.3 is 6.03 Å². The summed E-state index contributed by atoms with van der Waals surface area (Å²) in [5, 5.41) is 15.7. The van der Waals surface area contributed by atoms with Crippen LogP contribution in [0.1, 0.15) is 32.1 Å². The number of carbonyl (C=O) groups is 1. The van der Waals surface area contributed by atoms with Crippen LogP contribution in [0, 0.1) is 5.41 Å². The van der Waals surface area contributed by atoms with E-state index in [9.17, 15) is 9.90 Å². The molecule has 1 aliphatic carbocycles. The molecule has 0 unspecified atom stereocenters. The Morgan fingerprint density at radius 1 is 1.22 bits per heavy atom. The van der Waals surface area contributed by atoms with Gasteiger partial charge in [0.2, 0.25) is 0 Å². The quantitative estimate of drug-likeness (QED) is 0.616. The summed E-state index contributed by atoms with van der Waals surface area (Å²) in [6.07, 6.45) is 5.96. The van der Waals surface area contributed by atoms with Crippen molar-refractivity contribution in [3.8, 4) is 0 Å². The van der Waals surface area contributed by atoms with Crippen LogP contribution in [0.3, 0.4) is 0 Å². The second kappa shape index (κ2) is 7.59. The minimum Gasteiger partial charge on any atom is -0.396 e. The number of urea groups is 1. The van der Waals surface area contributed by atoms with Gasteiger partial charge in [-0.1, -0.05) is 19.3 Å². The summed E-state index contributed by atoms with van der Waals surface area (Å²) in [4.78, 5) is 12.8. The molecule has 18 heavy (non-hydrogen) atoms. The molecule has 0 aromatic rings. The number of hydrogen-bond acceptors (Lipinski definition) is 3. The highest BCUT2D eigenvalue weighted by molar-refractivity contribution is 5.73. The maximum atomic E-state index is 11.3. The first-order chi connectivity index (χ1) is 8.59. The summed E-state index contributed by atoms with van der Waals surface area (Å²) in [6, 6.07) is -0.0636. The van der Waals surface area contributed by atoms with Gasteiger partial charge in [-0.2, -0.15) is 0 Å². The molecule has 1 aliphatic rings. The van der Waals surface area contributed by atoms with Crippen molar-refractivity contribution < 1.29 is 9.90 Å². The third-order valence-electron chi connectivity index (χ3n) is 3.73. The van der Waals surface area contributed by atoms with Crippen LogP contribution in [0.2, 0.25) is 0 Å². The van der Waals surface area contributed by atoms with E-state index in [0.717, 1.165) is 25.9 Å². The summed E-state index contributed by atoms with van der Waals surface area (Å²) in [5.41, 5.74) is 0.0732. The average molecular weight is 257 g/mol. The number of aliphatic hydroxyl groups excluding tert-OH is 1. The molecule has 0 atom stereocenters. The van der Waals surface area contributed by atoms with Gasteiger partial charge in [-0.05, 0) is 12.8 Å². The number of nitrogens with one attached hydrogen (secondary N) is 2. The minimum atomic E-state index is -0.0636. The lowest BCUT2D eigenvalue weighted by Gasteiger charge is -2.35. The van der Waals surface area contributed by atoms with Gasteiger partial charge in [0.15, 0.2) is 0 Å². The lowest BCUT2D eigenvalue weighted by molar-refractivity contribution is 0.0816. The van der Waals surface area contributed by atoms with E-state index in [0.29, 0.717) is 6.54 Å². The maximum Gasteiger partial charge on any atom is 0.316 e. The zero-order chi connectivity index (χ0) is 13.4. The molecular formula is C13H27N3O2. The van der Waals surface area contributed by atoms with Crippen molar-refractivity contribution in [2.75, 3.05) is 40.3 Å². The number of amides is 2. The molecule has 3 N–H and O–H groups in total. The highest BCUT2D eigenvalue weighted by Gasteiger charge is 2.30. The van der Waals surface area contributed by atoms with E-state index < -0.39 is 0 Å². The van der Waals surface area contributed by atoms with Gasteiger partial charge in [-0.25, -0.2) is 4.79 Å². The van der Waals surface area contributed by atoms with E-state index >= 15 is 0 Å². The monoisotopic (exact) mass is 257 g/mol. The highest BCUT2D eigenvalue weighted by atomic mass is 16.3. The van der Waals surface area contributed by atoms with Gasteiger partial charge in [-0.15, -0.1) is 0 Å². The summed E-state index contributed by atoms with van der Waals surface area (Å²) < 4.78 is 0. The topological polar surface area (TPSA) is 64.6 Å². The standard InChI is InChI=1S/C13H27N3O2/c1-16(2)12(18)15-9-8-14-10-13(11-17)6-4-3-5-7-13/h14,17H,3-11H2,1-2H3,(H,15,18). The third-order valence-corrected chi connectivity index (χ3v) is 3.73. The normalized spacial score (nSPS) is 18.4. The van der Waals surface area contributed by atoms with Crippen molar-refractivity contribution in [1.82, 2.24) is 15.5 Å². The number of aliphatic hydroxyl groups is 1. The Morgan fingerprint density at radius 2 is 1.89 bits per heavy atom. The van der Waals surface area contributed by atoms with Crippen LogP contribution in [0.4, 0.5) is 4.79 Å². The maximum absolute atomic E-state index is 11.3. The van der Waals surface area contributed by atoms with Gasteiger partial charge in [0.05, 0.1) is 0 Å². The molecule has 1 rings (SSSR count). The van der Waals surface area contributed by atoms with Crippen molar-refractivity contribution in [2.45, 2.75) is 32.1 Å². The largest absolute Gasteiger partial charge is 0.396 e. The van der Waals surface area contributed by atoms with Crippen LogP contribution < -0.4 is 10.6 Å². The molecule has 0 aromatic heterocycles. The molecule has 1 fully saturated rings. The van der Waals surface area contributed by atoms with E-state index in [1.807, 2.05) is 0 Å². The van der Waals surface area contributed by atoms with Gasteiger partial charge in [0, 0.05) is 45.8 Å². The Labute approximate surface area is 110 Å². The van der Waals surface area contributed by atoms with Crippen LogP contribution in [0.25, 0.3) is 0 Å². The van der Waals surface area contributed by atoms with Crippen LogP contribution in [-0.2, 0) is 0 Å². The fraction of sp³-hybridized carbons (Fsp3) is 0.923. The third kappa shape index (κ3) is 4.82. The smallest absolute Gasteiger partial charge is 0.316 e. The lowest BCUT2D eigenvalue weighted by atomic mass is 9.74. The minimum absolute atomic E-state index is 0.0636. The van der Waals surface area contributed by atoms with E-state index in [-0.39, 0.29) is 18.1 Å². The molecule has 1 saturated carbocycles. The zero-order valence-electron chi connectivity index (χ0n) is 11.7. The van der Waals surface area contributed by atoms with Crippen LogP contribution in [0.15, 0.2) is 0 Å². The van der Waals surface area contributed by atoms with Crippen molar-refractivity contribution >= 4 is 6.03 Å². The summed E-state index contributed by atoms with van der Waals surface area (Å²) in [6.45, 7) is 2.49. The molecule has 2 amide bonds. The SMILES string of the molecule is CN(C)C(=O)NCCNCC1(CO)CCCCC1. The predicted octanol–water partition coefficient (Wildman–Crippen LogP) is 0.790. The first-order valence-corrected chi connectivity index (χ1v) is 6.86. The van der Waals surface area contributed by atoms with Gasteiger partial charge in [0.25, 0.3) is 0 Å². The summed E-state index contributed by atoms with van der Waals surface area (Å²) >= 11 is 0. The first kappa shape index (κ1) is 15.2. The first-order valence-electron chi connectivity index (χ1n) is 6.86. The van der Waals surface area contributed by atoms with Gasteiger partial charge in [-0.3, -0.25) is 0 Å². The highest BCUT2D eigenvalue weighted by Crippen LogP contribution is 2.34. The Hall–Kier alpha value is -0.810. The van der Waals surface area contributed by atoms with Crippen molar-refractivity contribution in [2.24, 2.45) is 5.41 Å². The molecular weight excluding hydrogens is 230 g/mol. The summed E-state index contributed by atoms with van der Waals surface area (Å²) in [5.74, 6) is 0. The van der Waals surface area contributed by atoms with Crippen LogP contribution in [0.5, 0.6) is 0 Å². The Morgan fingerprint density at radius 3 is 2.44 bits per heavy atom. The fourth-order valence-electron chi connectivity index (χ4n) is 2.46.